The van der Waals surface area contributed by atoms with Crippen LogP contribution in [0.3, 0.4) is 0 Å². The van der Waals surface area contributed by atoms with Crippen molar-refractivity contribution in [2.45, 2.75) is 66.0 Å². The highest BCUT2D eigenvalue weighted by Gasteiger charge is 2.42. The second-order valence-corrected chi connectivity index (χ2v) is 6.58. The van der Waals surface area contributed by atoms with Gasteiger partial charge in [-0.05, 0) is 37.8 Å². The summed E-state index contributed by atoms with van der Waals surface area (Å²) in [6.45, 7) is 14.0. The number of rotatable bonds is 6. The molecule has 1 saturated carbocycles. The fourth-order valence-electron chi connectivity index (χ4n) is 3.23. The highest BCUT2D eigenvalue weighted by atomic mass is 15.2. The summed E-state index contributed by atoms with van der Waals surface area (Å²) in [5.41, 5.74) is 0.449. The molecule has 3 unspecified atom stereocenters. The molecule has 0 bridgehead atoms. The van der Waals surface area contributed by atoms with Crippen molar-refractivity contribution in [2.24, 2.45) is 11.3 Å². The topological polar surface area (TPSA) is 15.3 Å². The van der Waals surface area contributed by atoms with Crippen LogP contribution >= 0.6 is 0 Å². The lowest BCUT2D eigenvalue weighted by Crippen LogP contribution is -2.51. The second-order valence-electron chi connectivity index (χ2n) is 6.58. The molecule has 3 atom stereocenters. The number of nitrogens with one attached hydrogen (secondary N) is 1. The van der Waals surface area contributed by atoms with Gasteiger partial charge in [0.05, 0.1) is 0 Å². The molecule has 0 saturated heterocycles. The highest BCUT2D eigenvalue weighted by Crippen LogP contribution is 2.39. The van der Waals surface area contributed by atoms with Crippen LogP contribution in [0, 0.1) is 11.3 Å². The quantitative estimate of drug-likeness (QED) is 0.767. The molecule has 1 rings (SSSR count). The van der Waals surface area contributed by atoms with Gasteiger partial charge in [0.15, 0.2) is 0 Å². The molecule has 0 spiro atoms. The van der Waals surface area contributed by atoms with Crippen molar-refractivity contribution < 1.29 is 0 Å². The Labute approximate surface area is 108 Å². The normalized spacial score (nSPS) is 29.8. The van der Waals surface area contributed by atoms with Gasteiger partial charge in [-0.1, -0.05) is 41.0 Å². The van der Waals surface area contributed by atoms with E-state index in [1.54, 1.807) is 0 Å². The molecule has 2 nitrogen and oxygen atoms in total. The van der Waals surface area contributed by atoms with E-state index in [0.29, 0.717) is 11.5 Å². The fourth-order valence-corrected chi connectivity index (χ4v) is 3.23. The maximum atomic E-state index is 3.72. The molecule has 1 fully saturated rings. The van der Waals surface area contributed by atoms with Gasteiger partial charge in [0.1, 0.15) is 0 Å². The summed E-state index contributed by atoms with van der Waals surface area (Å²) in [4.78, 5) is 2.59. The maximum Gasteiger partial charge on any atom is 0.0274 e. The van der Waals surface area contributed by atoms with E-state index in [1.165, 1.54) is 25.8 Å². The van der Waals surface area contributed by atoms with E-state index < -0.39 is 0 Å². The van der Waals surface area contributed by atoms with Gasteiger partial charge < -0.3 is 10.2 Å². The van der Waals surface area contributed by atoms with Gasteiger partial charge >= 0.3 is 0 Å². The van der Waals surface area contributed by atoms with Gasteiger partial charge in [0, 0.05) is 18.6 Å². The third-order valence-corrected chi connectivity index (χ3v) is 4.60. The summed E-state index contributed by atoms with van der Waals surface area (Å²) in [6.07, 6.45) is 3.98. The minimum Gasteiger partial charge on any atom is -0.312 e. The van der Waals surface area contributed by atoms with E-state index in [4.69, 9.17) is 0 Å². The van der Waals surface area contributed by atoms with Crippen molar-refractivity contribution in [3.05, 3.63) is 0 Å². The van der Waals surface area contributed by atoms with Crippen LogP contribution in [0.4, 0.5) is 0 Å². The first-order chi connectivity index (χ1) is 7.92. The van der Waals surface area contributed by atoms with Crippen LogP contribution < -0.4 is 5.32 Å². The number of likely N-dealkylation sites (N-methyl/N-ethyl adjacent to an activating group) is 2. The van der Waals surface area contributed by atoms with Gasteiger partial charge in [-0.2, -0.15) is 0 Å². The molecule has 17 heavy (non-hydrogen) atoms. The third-order valence-electron chi connectivity index (χ3n) is 4.60. The van der Waals surface area contributed by atoms with Crippen LogP contribution in [0.2, 0.25) is 0 Å². The second kappa shape index (κ2) is 6.19. The highest BCUT2D eigenvalue weighted by molar-refractivity contribution is 5.00. The first-order valence-corrected chi connectivity index (χ1v) is 7.36. The molecule has 0 aromatic heterocycles. The molecule has 1 aliphatic rings. The van der Waals surface area contributed by atoms with Gasteiger partial charge in [-0.3, -0.25) is 0 Å². The van der Waals surface area contributed by atoms with E-state index in [9.17, 15) is 0 Å². The summed E-state index contributed by atoms with van der Waals surface area (Å²) >= 11 is 0. The summed E-state index contributed by atoms with van der Waals surface area (Å²) in [5.74, 6) is 0.811. The number of hydrogen-bond donors (Lipinski definition) is 1. The van der Waals surface area contributed by atoms with Crippen molar-refractivity contribution >= 4 is 0 Å². The van der Waals surface area contributed by atoms with Crippen LogP contribution in [0.25, 0.3) is 0 Å². The molecule has 0 aliphatic heterocycles. The first-order valence-electron chi connectivity index (χ1n) is 7.36. The smallest absolute Gasteiger partial charge is 0.0274 e. The Hall–Kier alpha value is -0.0800. The molecule has 0 radical (unpaired) electrons. The molecule has 102 valence electrons. The summed E-state index contributed by atoms with van der Waals surface area (Å²) in [5, 5.41) is 3.72. The lowest BCUT2D eigenvalue weighted by Gasteiger charge is -2.36. The minimum absolute atomic E-state index is 0.449. The zero-order valence-corrected chi connectivity index (χ0v) is 12.7. The average molecular weight is 240 g/mol. The predicted molar refractivity (Wildman–Crippen MR) is 76.4 cm³/mol. The Bertz CT molecular complexity index is 225. The minimum atomic E-state index is 0.449. The standard InChI is InChI=1S/C15H32N2/c1-7-12(3)11-17(6)13-9-10-15(4,5)14(13)16-8-2/h12-14,16H,7-11H2,1-6H3. The summed E-state index contributed by atoms with van der Waals surface area (Å²) < 4.78 is 0. The summed E-state index contributed by atoms with van der Waals surface area (Å²) in [7, 11) is 2.31. The fraction of sp³-hybridized carbons (Fsp3) is 1.00. The van der Waals surface area contributed by atoms with E-state index in [2.05, 4.69) is 51.9 Å². The van der Waals surface area contributed by atoms with E-state index in [-0.39, 0.29) is 0 Å². The molecule has 0 heterocycles. The SMILES string of the molecule is CCNC1C(N(C)CC(C)CC)CCC1(C)C. The van der Waals surface area contributed by atoms with Crippen molar-refractivity contribution in [2.75, 3.05) is 20.1 Å². The van der Waals surface area contributed by atoms with Crippen molar-refractivity contribution in [3.63, 3.8) is 0 Å². The molecule has 1 aliphatic carbocycles. The van der Waals surface area contributed by atoms with Crippen molar-refractivity contribution in [1.82, 2.24) is 10.2 Å². The van der Waals surface area contributed by atoms with Crippen LogP contribution in [0.15, 0.2) is 0 Å². The van der Waals surface area contributed by atoms with E-state index in [1.807, 2.05) is 0 Å². The van der Waals surface area contributed by atoms with Crippen LogP contribution in [-0.4, -0.2) is 37.1 Å². The van der Waals surface area contributed by atoms with Crippen LogP contribution in [-0.2, 0) is 0 Å². The van der Waals surface area contributed by atoms with E-state index >= 15 is 0 Å². The van der Waals surface area contributed by atoms with Crippen LogP contribution in [0.1, 0.15) is 53.9 Å². The Morgan fingerprint density at radius 2 is 2.00 bits per heavy atom. The Morgan fingerprint density at radius 1 is 1.35 bits per heavy atom. The van der Waals surface area contributed by atoms with Crippen LogP contribution in [0.5, 0.6) is 0 Å². The van der Waals surface area contributed by atoms with Gasteiger partial charge in [0.2, 0.25) is 0 Å². The average Bonchev–Trinajstić information content (AvgIpc) is 2.55. The Balaban J connectivity index is 2.62. The Morgan fingerprint density at radius 3 is 2.53 bits per heavy atom. The van der Waals surface area contributed by atoms with Crippen molar-refractivity contribution in [1.29, 1.82) is 0 Å². The predicted octanol–water partition coefficient (Wildman–Crippen LogP) is 3.13. The lowest BCUT2D eigenvalue weighted by molar-refractivity contribution is 0.155. The molecule has 0 aromatic carbocycles. The molecule has 2 heteroatoms. The first kappa shape index (κ1) is 15.0. The van der Waals surface area contributed by atoms with Gasteiger partial charge in [-0.25, -0.2) is 0 Å². The molecular weight excluding hydrogens is 208 g/mol. The molecule has 0 amide bonds. The zero-order valence-electron chi connectivity index (χ0n) is 12.7. The number of hydrogen-bond acceptors (Lipinski definition) is 2. The van der Waals surface area contributed by atoms with Crippen molar-refractivity contribution in [3.8, 4) is 0 Å². The largest absolute Gasteiger partial charge is 0.312 e. The van der Waals surface area contributed by atoms with Gasteiger partial charge in [0.25, 0.3) is 0 Å². The zero-order chi connectivity index (χ0) is 13.1. The molecule has 0 aromatic rings. The monoisotopic (exact) mass is 240 g/mol. The Kier molecular flexibility index (Phi) is 5.46. The summed E-state index contributed by atoms with van der Waals surface area (Å²) in [6, 6.07) is 1.38. The van der Waals surface area contributed by atoms with E-state index in [0.717, 1.165) is 18.5 Å². The van der Waals surface area contributed by atoms with Gasteiger partial charge in [-0.15, -0.1) is 0 Å². The third kappa shape index (κ3) is 3.69. The lowest BCUT2D eigenvalue weighted by atomic mass is 9.86. The molecular formula is C15H32N2. The number of nitrogens with zero attached hydrogens (tertiary/aromatic N) is 1. The molecule has 1 N–H and O–H groups in total. The maximum absolute atomic E-state index is 3.72.